The van der Waals surface area contributed by atoms with Gasteiger partial charge in [-0.15, -0.1) is 0 Å². The van der Waals surface area contributed by atoms with E-state index in [2.05, 4.69) is 22.8 Å². The van der Waals surface area contributed by atoms with E-state index in [0.29, 0.717) is 32.0 Å². The van der Waals surface area contributed by atoms with Crippen molar-refractivity contribution in [2.75, 3.05) is 18.4 Å². The summed E-state index contributed by atoms with van der Waals surface area (Å²) in [5, 5.41) is 8.46. The monoisotopic (exact) mass is 379 g/mol. The van der Waals surface area contributed by atoms with Crippen LogP contribution in [0.25, 0.3) is 10.8 Å². The molecule has 148 valence electrons. The summed E-state index contributed by atoms with van der Waals surface area (Å²) in [6, 6.07) is 14.4. The van der Waals surface area contributed by atoms with Crippen molar-refractivity contribution in [3.05, 3.63) is 42.5 Å². The smallest absolute Gasteiger partial charge is 0.317 e. The maximum atomic E-state index is 12.8. The maximum Gasteiger partial charge on any atom is 0.317 e. The van der Waals surface area contributed by atoms with Crippen LogP contribution in [0, 0.1) is 5.92 Å². The molecule has 0 radical (unpaired) electrons. The Bertz CT molecular complexity index is 831. The predicted molar refractivity (Wildman–Crippen MR) is 112 cm³/mol. The van der Waals surface area contributed by atoms with Crippen LogP contribution in [0.3, 0.4) is 0 Å². The molecule has 1 aliphatic heterocycles. The second-order valence-corrected chi connectivity index (χ2v) is 8.06. The van der Waals surface area contributed by atoms with Gasteiger partial charge in [-0.1, -0.05) is 55.7 Å². The van der Waals surface area contributed by atoms with Gasteiger partial charge >= 0.3 is 6.03 Å². The SMILES string of the molecule is O=C(Nc1cccc2ccccc12)C1CCN(C(=O)NC2CCCCC2)CC1. The fourth-order valence-corrected chi connectivity index (χ4v) is 4.43. The van der Waals surface area contributed by atoms with E-state index in [1.807, 2.05) is 35.2 Å². The largest absolute Gasteiger partial charge is 0.335 e. The number of carbonyl (C=O) groups excluding carboxylic acids is 2. The van der Waals surface area contributed by atoms with E-state index in [1.165, 1.54) is 19.3 Å². The molecule has 2 aromatic carbocycles. The topological polar surface area (TPSA) is 61.4 Å². The highest BCUT2D eigenvalue weighted by atomic mass is 16.2. The third kappa shape index (κ3) is 4.29. The molecule has 0 atom stereocenters. The summed E-state index contributed by atoms with van der Waals surface area (Å²) in [5.41, 5.74) is 0.862. The first kappa shape index (κ1) is 18.8. The number of anilines is 1. The number of nitrogens with zero attached hydrogens (tertiary/aromatic N) is 1. The molecule has 0 unspecified atom stereocenters. The summed E-state index contributed by atoms with van der Waals surface area (Å²) in [6.45, 7) is 1.29. The van der Waals surface area contributed by atoms with E-state index in [-0.39, 0.29) is 17.9 Å². The predicted octanol–water partition coefficient (Wildman–Crippen LogP) is 4.53. The fourth-order valence-electron chi connectivity index (χ4n) is 4.43. The second-order valence-electron chi connectivity index (χ2n) is 8.06. The van der Waals surface area contributed by atoms with Crippen LogP contribution < -0.4 is 10.6 Å². The summed E-state index contributed by atoms with van der Waals surface area (Å²) in [6.07, 6.45) is 7.32. The molecule has 2 N–H and O–H groups in total. The third-order valence-corrected chi connectivity index (χ3v) is 6.13. The quantitative estimate of drug-likeness (QED) is 0.823. The summed E-state index contributed by atoms with van der Waals surface area (Å²) in [7, 11) is 0. The minimum Gasteiger partial charge on any atom is -0.335 e. The van der Waals surface area contributed by atoms with E-state index in [1.54, 1.807) is 0 Å². The molecule has 1 heterocycles. The number of benzene rings is 2. The number of hydrogen-bond donors (Lipinski definition) is 2. The number of rotatable bonds is 3. The van der Waals surface area contributed by atoms with Crippen LogP contribution in [-0.4, -0.2) is 36.0 Å². The van der Waals surface area contributed by atoms with Crippen molar-refractivity contribution in [2.24, 2.45) is 5.92 Å². The lowest BCUT2D eigenvalue weighted by atomic mass is 9.95. The van der Waals surface area contributed by atoms with Crippen LogP contribution in [0.4, 0.5) is 10.5 Å². The number of hydrogen-bond acceptors (Lipinski definition) is 2. The molecule has 3 amide bonds. The molecular weight excluding hydrogens is 350 g/mol. The van der Waals surface area contributed by atoms with Crippen LogP contribution in [-0.2, 0) is 4.79 Å². The first-order valence-electron chi connectivity index (χ1n) is 10.5. The van der Waals surface area contributed by atoms with Crippen molar-refractivity contribution in [3.63, 3.8) is 0 Å². The van der Waals surface area contributed by atoms with E-state index in [9.17, 15) is 9.59 Å². The Morgan fingerprint density at radius 3 is 2.36 bits per heavy atom. The number of urea groups is 1. The van der Waals surface area contributed by atoms with E-state index < -0.39 is 0 Å². The van der Waals surface area contributed by atoms with Crippen molar-refractivity contribution in [2.45, 2.75) is 51.0 Å². The molecule has 1 aliphatic carbocycles. The Balaban J connectivity index is 1.30. The highest BCUT2D eigenvalue weighted by molar-refractivity contribution is 6.02. The van der Waals surface area contributed by atoms with Gasteiger partial charge in [0.05, 0.1) is 0 Å². The Morgan fingerprint density at radius 1 is 0.857 bits per heavy atom. The second kappa shape index (κ2) is 8.63. The molecule has 0 bridgehead atoms. The van der Waals surface area contributed by atoms with Gasteiger partial charge in [0.2, 0.25) is 5.91 Å². The van der Waals surface area contributed by atoms with Gasteiger partial charge in [0, 0.05) is 36.1 Å². The highest BCUT2D eigenvalue weighted by Gasteiger charge is 2.28. The Hall–Kier alpha value is -2.56. The number of likely N-dealkylation sites (tertiary alicyclic amines) is 1. The zero-order chi connectivity index (χ0) is 19.3. The zero-order valence-corrected chi connectivity index (χ0v) is 16.3. The van der Waals surface area contributed by atoms with Crippen molar-refractivity contribution < 1.29 is 9.59 Å². The molecule has 2 fully saturated rings. The summed E-state index contributed by atoms with van der Waals surface area (Å²) in [4.78, 5) is 27.1. The van der Waals surface area contributed by atoms with Crippen LogP contribution in [0.15, 0.2) is 42.5 Å². The lowest BCUT2D eigenvalue weighted by molar-refractivity contribution is -0.121. The van der Waals surface area contributed by atoms with E-state index in [4.69, 9.17) is 0 Å². The summed E-state index contributed by atoms with van der Waals surface area (Å²) in [5.74, 6) is 0.0152. The highest BCUT2D eigenvalue weighted by Crippen LogP contribution is 2.25. The van der Waals surface area contributed by atoms with E-state index in [0.717, 1.165) is 29.3 Å². The molecule has 1 saturated heterocycles. The molecule has 2 aromatic rings. The van der Waals surface area contributed by atoms with Gasteiger partial charge in [0.1, 0.15) is 0 Å². The maximum absolute atomic E-state index is 12.8. The van der Waals surface area contributed by atoms with Gasteiger partial charge in [-0.05, 0) is 37.1 Å². The minimum atomic E-state index is -0.0438. The van der Waals surface area contributed by atoms with Crippen LogP contribution in [0.1, 0.15) is 44.9 Å². The average molecular weight is 380 g/mol. The molecule has 4 rings (SSSR count). The number of nitrogens with one attached hydrogen (secondary N) is 2. The van der Waals surface area contributed by atoms with Gasteiger partial charge in [0.15, 0.2) is 0 Å². The standard InChI is InChI=1S/C23H29N3O2/c27-22(25-21-12-6-8-17-7-4-5-11-20(17)21)18-13-15-26(16-14-18)23(28)24-19-9-2-1-3-10-19/h4-8,11-12,18-19H,1-3,9-10,13-16H2,(H,24,28)(H,25,27). The average Bonchev–Trinajstić information content (AvgIpc) is 2.75. The molecule has 28 heavy (non-hydrogen) atoms. The van der Waals surface area contributed by atoms with Gasteiger partial charge in [-0.3, -0.25) is 4.79 Å². The number of piperidine rings is 1. The van der Waals surface area contributed by atoms with Crippen molar-refractivity contribution in [1.82, 2.24) is 10.2 Å². The summed E-state index contributed by atoms with van der Waals surface area (Å²) >= 11 is 0. The van der Waals surface area contributed by atoms with Gasteiger partial charge in [0.25, 0.3) is 0 Å². The lowest BCUT2D eigenvalue weighted by Crippen LogP contribution is -2.49. The molecule has 1 saturated carbocycles. The Morgan fingerprint density at radius 2 is 1.57 bits per heavy atom. The molecule has 0 aromatic heterocycles. The van der Waals surface area contributed by atoms with Gasteiger partial charge in [-0.2, -0.15) is 0 Å². The zero-order valence-electron chi connectivity index (χ0n) is 16.3. The molecule has 5 nitrogen and oxygen atoms in total. The Kier molecular flexibility index (Phi) is 5.79. The van der Waals surface area contributed by atoms with Crippen molar-refractivity contribution >= 4 is 28.4 Å². The van der Waals surface area contributed by atoms with Gasteiger partial charge in [-0.25, -0.2) is 4.79 Å². The first-order valence-corrected chi connectivity index (χ1v) is 10.5. The Labute approximate surface area is 166 Å². The number of amides is 3. The van der Waals surface area contributed by atoms with Crippen LogP contribution in [0.2, 0.25) is 0 Å². The number of carbonyl (C=O) groups is 2. The molecule has 2 aliphatic rings. The molecular formula is C23H29N3O2. The minimum absolute atomic E-state index is 0.0415. The first-order chi connectivity index (χ1) is 13.7. The van der Waals surface area contributed by atoms with Crippen LogP contribution >= 0.6 is 0 Å². The van der Waals surface area contributed by atoms with Crippen LogP contribution in [0.5, 0.6) is 0 Å². The third-order valence-electron chi connectivity index (χ3n) is 6.13. The van der Waals surface area contributed by atoms with Gasteiger partial charge < -0.3 is 15.5 Å². The summed E-state index contributed by atoms with van der Waals surface area (Å²) < 4.78 is 0. The molecule has 5 heteroatoms. The fraction of sp³-hybridized carbons (Fsp3) is 0.478. The van der Waals surface area contributed by atoms with Crippen molar-refractivity contribution in [3.8, 4) is 0 Å². The normalized spacial score (nSPS) is 18.8. The van der Waals surface area contributed by atoms with E-state index >= 15 is 0 Å². The lowest BCUT2D eigenvalue weighted by Gasteiger charge is -2.33. The number of fused-ring (bicyclic) bond motifs is 1. The molecule has 0 spiro atoms. The van der Waals surface area contributed by atoms with Crippen molar-refractivity contribution in [1.29, 1.82) is 0 Å².